The zero-order chi connectivity index (χ0) is 18.3. The van der Waals surface area contributed by atoms with E-state index >= 15 is 0 Å². The van der Waals surface area contributed by atoms with Gasteiger partial charge in [0.1, 0.15) is 0 Å². The number of nitrogens with zero attached hydrogens (tertiary/aromatic N) is 3. The van der Waals surface area contributed by atoms with E-state index < -0.39 is 0 Å². The zero-order valence-corrected chi connectivity index (χ0v) is 15.2. The first-order valence-corrected chi connectivity index (χ1v) is 8.75. The van der Waals surface area contributed by atoms with Crippen LogP contribution in [0.25, 0.3) is 16.7 Å². The molecule has 0 spiro atoms. The predicted octanol–water partition coefficient (Wildman–Crippen LogP) is 4.16. The Morgan fingerprint density at radius 2 is 1.69 bits per heavy atom. The summed E-state index contributed by atoms with van der Waals surface area (Å²) in [5, 5.41) is 0.638. The van der Waals surface area contributed by atoms with Gasteiger partial charge >= 0.3 is 0 Å². The lowest BCUT2D eigenvalue weighted by Crippen LogP contribution is -2.22. The summed E-state index contributed by atoms with van der Waals surface area (Å²) in [6.07, 6.45) is 1.74. The van der Waals surface area contributed by atoms with Crippen LogP contribution in [0.2, 0.25) is 0 Å². The van der Waals surface area contributed by atoms with E-state index in [0.29, 0.717) is 17.6 Å². The average molecular weight is 343 g/mol. The fourth-order valence-electron chi connectivity index (χ4n) is 3.30. The number of aryl methyl sites for hydroxylation is 3. The fourth-order valence-corrected chi connectivity index (χ4v) is 3.30. The highest BCUT2D eigenvalue weighted by Gasteiger charge is 2.16. The van der Waals surface area contributed by atoms with Crippen LogP contribution in [0.1, 0.15) is 22.3 Å². The van der Waals surface area contributed by atoms with Crippen LogP contribution in [0.4, 0.5) is 0 Å². The minimum atomic E-state index is -0.0371. The third-order valence-corrected chi connectivity index (χ3v) is 5.01. The summed E-state index contributed by atoms with van der Waals surface area (Å²) in [7, 11) is 0. The molecule has 4 nitrogen and oxygen atoms in total. The van der Waals surface area contributed by atoms with E-state index in [9.17, 15) is 4.79 Å². The Balaban J connectivity index is 2.00. The first-order chi connectivity index (χ1) is 12.6. The minimum absolute atomic E-state index is 0.0371. The van der Waals surface area contributed by atoms with Crippen LogP contribution in [0, 0.1) is 20.8 Å². The summed E-state index contributed by atoms with van der Waals surface area (Å²) in [4.78, 5) is 17.6. The molecule has 0 radical (unpaired) electrons. The summed E-state index contributed by atoms with van der Waals surface area (Å²) in [6.45, 7) is 6.82. The van der Waals surface area contributed by atoms with Crippen molar-refractivity contribution in [2.24, 2.45) is 0 Å². The van der Waals surface area contributed by atoms with Gasteiger partial charge in [0.15, 0.2) is 5.65 Å². The quantitative estimate of drug-likeness (QED) is 0.560. The molecule has 26 heavy (non-hydrogen) atoms. The molecule has 0 saturated heterocycles. The van der Waals surface area contributed by atoms with Gasteiger partial charge in [-0.15, -0.1) is 0 Å². The number of benzene rings is 2. The average Bonchev–Trinajstić information content (AvgIpc) is 2.92. The molecule has 4 aromatic rings. The van der Waals surface area contributed by atoms with Gasteiger partial charge in [-0.1, -0.05) is 30.3 Å². The van der Waals surface area contributed by atoms with Gasteiger partial charge in [0.05, 0.1) is 17.6 Å². The molecule has 0 aliphatic heterocycles. The minimum Gasteiger partial charge on any atom is -0.267 e. The summed E-state index contributed by atoms with van der Waals surface area (Å²) in [5.41, 5.74) is 6.28. The maximum absolute atomic E-state index is 13.1. The van der Waals surface area contributed by atoms with Crippen LogP contribution >= 0.6 is 0 Å². The van der Waals surface area contributed by atoms with Gasteiger partial charge in [0.25, 0.3) is 5.56 Å². The molecular weight excluding hydrogens is 322 g/mol. The van der Waals surface area contributed by atoms with Crippen molar-refractivity contribution in [3.8, 4) is 5.69 Å². The lowest BCUT2D eigenvalue weighted by atomic mass is 10.1. The Bertz CT molecular complexity index is 1170. The van der Waals surface area contributed by atoms with E-state index in [1.54, 1.807) is 10.9 Å². The van der Waals surface area contributed by atoms with Crippen LogP contribution in [0.5, 0.6) is 0 Å². The lowest BCUT2D eigenvalue weighted by molar-refractivity contribution is 0.605. The summed E-state index contributed by atoms with van der Waals surface area (Å²) >= 11 is 0. The Morgan fingerprint density at radius 3 is 2.46 bits per heavy atom. The van der Waals surface area contributed by atoms with Gasteiger partial charge < -0.3 is 0 Å². The molecule has 0 aliphatic rings. The van der Waals surface area contributed by atoms with E-state index in [1.165, 1.54) is 16.7 Å². The van der Waals surface area contributed by atoms with Gasteiger partial charge in [0, 0.05) is 6.20 Å². The first kappa shape index (κ1) is 16.3. The van der Waals surface area contributed by atoms with Gasteiger partial charge in [-0.25, -0.2) is 9.67 Å². The number of hydrogen-bond donors (Lipinski definition) is 0. The lowest BCUT2D eigenvalue weighted by Gasteiger charge is -2.15. The largest absolute Gasteiger partial charge is 0.280 e. The molecule has 0 amide bonds. The van der Waals surface area contributed by atoms with Crippen LogP contribution in [-0.2, 0) is 6.54 Å². The van der Waals surface area contributed by atoms with Crippen molar-refractivity contribution in [1.29, 1.82) is 0 Å². The third kappa shape index (κ3) is 2.64. The van der Waals surface area contributed by atoms with Crippen molar-refractivity contribution in [2.45, 2.75) is 27.3 Å². The molecule has 0 atom stereocenters. The SMILES string of the molecule is Cc1ccc(-n2c(=O)c3cccnc3n2Cc2ccccc2C)cc1C. The molecule has 0 saturated carbocycles. The molecule has 130 valence electrons. The molecular formula is C22H21N3O. The van der Waals surface area contributed by atoms with Crippen LogP contribution in [-0.4, -0.2) is 14.3 Å². The van der Waals surface area contributed by atoms with Crippen molar-refractivity contribution in [2.75, 3.05) is 0 Å². The third-order valence-electron chi connectivity index (χ3n) is 5.01. The number of aromatic nitrogens is 3. The summed E-state index contributed by atoms with van der Waals surface area (Å²) < 4.78 is 3.72. The van der Waals surface area contributed by atoms with Crippen molar-refractivity contribution in [3.63, 3.8) is 0 Å². The summed E-state index contributed by atoms with van der Waals surface area (Å²) in [5.74, 6) is 0. The Morgan fingerprint density at radius 1 is 0.885 bits per heavy atom. The topological polar surface area (TPSA) is 39.8 Å². The normalized spacial score (nSPS) is 11.2. The van der Waals surface area contributed by atoms with E-state index in [1.807, 2.05) is 35.0 Å². The van der Waals surface area contributed by atoms with Crippen molar-refractivity contribution >= 4 is 11.0 Å². The van der Waals surface area contributed by atoms with Gasteiger partial charge in [-0.05, 0) is 67.3 Å². The second-order valence-corrected chi connectivity index (χ2v) is 6.74. The number of pyridine rings is 1. The standard InChI is InChI=1S/C22H21N3O/c1-15-10-11-19(13-17(15)3)25-22(26)20-9-6-12-23-21(20)24(25)14-18-8-5-4-7-16(18)2/h4-13H,14H2,1-3H3. The first-order valence-electron chi connectivity index (χ1n) is 8.75. The van der Waals surface area contributed by atoms with Crippen LogP contribution < -0.4 is 5.56 Å². The molecule has 0 N–H and O–H groups in total. The molecule has 0 aliphatic carbocycles. The van der Waals surface area contributed by atoms with Crippen LogP contribution in [0.3, 0.4) is 0 Å². The second kappa shape index (κ2) is 6.30. The van der Waals surface area contributed by atoms with Crippen molar-refractivity contribution in [1.82, 2.24) is 14.3 Å². The Kier molecular flexibility index (Phi) is 3.96. The second-order valence-electron chi connectivity index (χ2n) is 6.74. The van der Waals surface area contributed by atoms with E-state index in [0.717, 1.165) is 11.3 Å². The maximum Gasteiger partial charge on any atom is 0.280 e. The Labute approximate surface area is 152 Å². The molecule has 2 heterocycles. The summed E-state index contributed by atoms with van der Waals surface area (Å²) in [6, 6.07) is 18.0. The van der Waals surface area contributed by atoms with E-state index in [4.69, 9.17) is 0 Å². The van der Waals surface area contributed by atoms with Gasteiger partial charge in [0.2, 0.25) is 0 Å². The fraction of sp³-hybridized carbons (Fsp3) is 0.182. The zero-order valence-electron chi connectivity index (χ0n) is 15.2. The van der Waals surface area contributed by atoms with Gasteiger partial charge in [-0.2, -0.15) is 0 Å². The number of hydrogen-bond acceptors (Lipinski definition) is 2. The molecule has 0 unspecified atom stereocenters. The molecule has 2 aromatic carbocycles. The molecule has 4 rings (SSSR count). The molecule has 2 aromatic heterocycles. The van der Waals surface area contributed by atoms with E-state index in [-0.39, 0.29) is 5.56 Å². The highest BCUT2D eigenvalue weighted by molar-refractivity contribution is 5.75. The highest BCUT2D eigenvalue weighted by Crippen LogP contribution is 2.19. The number of rotatable bonds is 3. The highest BCUT2D eigenvalue weighted by atomic mass is 16.1. The van der Waals surface area contributed by atoms with Crippen LogP contribution in [0.15, 0.2) is 65.6 Å². The van der Waals surface area contributed by atoms with Crippen molar-refractivity contribution in [3.05, 3.63) is 93.4 Å². The van der Waals surface area contributed by atoms with Gasteiger partial charge in [-0.3, -0.25) is 9.48 Å². The predicted molar refractivity (Wildman–Crippen MR) is 105 cm³/mol. The monoisotopic (exact) mass is 343 g/mol. The maximum atomic E-state index is 13.1. The smallest absolute Gasteiger partial charge is 0.267 e. The Hall–Kier alpha value is -3.14. The van der Waals surface area contributed by atoms with Crippen molar-refractivity contribution < 1.29 is 0 Å². The molecule has 0 fully saturated rings. The molecule has 4 heteroatoms. The number of fused-ring (bicyclic) bond motifs is 1. The van der Waals surface area contributed by atoms with E-state index in [2.05, 4.69) is 50.0 Å². The molecule has 0 bridgehead atoms.